The van der Waals surface area contributed by atoms with Crippen LogP contribution in [0.2, 0.25) is 5.02 Å². The van der Waals surface area contributed by atoms with E-state index in [1.807, 2.05) is 12.3 Å². The predicted octanol–water partition coefficient (Wildman–Crippen LogP) is 3.70. The Labute approximate surface area is 175 Å². The molecule has 3 heterocycles. The van der Waals surface area contributed by atoms with Gasteiger partial charge in [-0.05, 0) is 36.6 Å². The van der Waals surface area contributed by atoms with E-state index in [2.05, 4.69) is 34.1 Å². The Balaban J connectivity index is 1.44. The van der Waals surface area contributed by atoms with Gasteiger partial charge in [0.1, 0.15) is 5.02 Å². The van der Waals surface area contributed by atoms with Crippen molar-refractivity contribution in [1.82, 2.24) is 14.6 Å². The van der Waals surface area contributed by atoms with Crippen LogP contribution in [0.3, 0.4) is 0 Å². The van der Waals surface area contributed by atoms with Crippen LogP contribution in [0.4, 0.5) is 5.69 Å². The fraction of sp³-hybridized carbons (Fsp3) is 0.455. The summed E-state index contributed by atoms with van der Waals surface area (Å²) in [5.41, 5.74) is 4.05. The third kappa shape index (κ3) is 3.19. The van der Waals surface area contributed by atoms with Crippen LogP contribution in [0.1, 0.15) is 30.5 Å². The van der Waals surface area contributed by atoms with Crippen LogP contribution < -0.4 is 4.90 Å². The molecule has 152 valence electrons. The lowest BCUT2D eigenvalue weighted by Crippen LogP contribution is -2.44. The second kappa shape index (κ2) is 7.59. The molecule has 1 saturated heterocycles. The lowest BCUT2D eigenvalue weighted by Gasteiger charge is -2.41. The summed E-state index contributed by atoms with van der Waals surface area (Å²) in [4.78, 5) is 6.77. The van der Waals surface area contributed by atoms with E-state index >= 15 is 0 Å². The Morgan fingerprint density at radius 3 is 2.79 bits per heavy atom. The molecule has 1 atom stereocenters. The Bertz CT molecular complexity index is 998. The average molecular weight is 413 g/mol. The van der Waals surface area contributed by atoms with E-state index in [0.717, 1.165) is 43.9 Å². The van der Waals surface area contributed by atoms with Gasteiger partial charge in [-0.1, -0.05) is 30.2 Å². The van der Waals surface area contributed by atoms with Crippen molar-refractivity contribution in [2.24, 2.45) is 0 Å². The van der Waals surface area contributed by atoms with Crippen LogP contribution in [-0.4, -0.2) is 54.1 Å². The average Bonchev–Trinajstić information content (AvgIpc) is 3.05. The summed E-state index contributed by atoms with van der Waals surface area (Å²) in [5, 5.41) is 5.48. The highest BCUT2D eigenvalue weighted by atomic mass is 35.5. The van der Waals surface area contributed by atoms with Crippen molar-refractivity contribution in [2.45, 2.75) is 30.8 Å². The lowest BCUT2D eigenvalue weighted by molar-refractivity contribution is -0.0100. The Kier molecular flexibility index (Phi) is 4.94. The predicted molar refractivity (Wildman–Crippen MR) is 113 cm³/mol. The van der Waals surface area contributed by atoms with Crippen molar-refractivity contribution in [3.8, 4) is 0 Å². The largest absolute Gasteiger partial charge is 0.382 e. The number of methoxy groups -OCH3 is 1. The molecule has 0 radical (unpaired) electrons. The van der Waals surface area contributed by atoms with Crippen molar-refractivity contribution < 1.29 is 9.47 Å². The zero-order chi connectivity index (χ0) is 19.8. The molecule has 2 aliphatic rings. The van der Waals surface area contributed by atoms with Crippen molar-refractivity contribution in [1.29, 1.82) is 0 Å². The second-order valence-corrected chi connectivity index (χ2v) is 8.31. The van der Waals surface area contributed by atoms with E-state index in [-0.39, 0.29) is 11.5 Å². The van der Waals surface area contributed by atoms with Gasteiger partial charge in [-0.15, -0.1) is 0 Å². The van der Waals surface area contributed by atoms with Gasteiger partial charge in [-0.3, -0.25) is 0 Å². The molecule has 1 aliphatic carbocycles. The maximum Gasteiger partial charge on any atom is 0.174 e. The molecule has 5 rings (SSSR count). The molecule has 7 heteroatoms. The fourth-order valence-electron chi connectivity index (χ4n) is 4.59. The Morgan fingerprint density at radius 2 is 2.10 bits per heavy atom. The molecule has 3 aromatic rings. The molecule has 6 nitrogen and oxygen atoms in total. The third-order valence-corrected chi connectivity index (χ3v) is 6.62. The highest BCUT2D eigenvalue weighted by Gasteiger charge is 2.44. The molecule has 29 heavy (non-hydrogen) atoms. The first-order valence-electron chi connectivity index (χ1n) is 10.2. The first kappa shape index (κ1) is 18.9. The lowest BCUT2D eigenvalue weighted by atomic mass is 9.62. The third-order valence-electron chi connectivity index (χ3n) is 6.28. The summed E-state index contributed by atoms with van der Waals surface area (Å²) >= 11 is 6.72. The van der Waals surface area contributed by atoms with E-state index in [1.165, 1.54) is 17.7 Å². The number of halogens is 1. The summed E-state index contributed by atoms with van der Waals surface area (Å²) in [6.07, 6.45) is 7.08. The number of nitrogens with zero attached hydrogens (tertiary/aromatic N) is 4. The van der Waals surface area contributed by atoms with Crippen LogP contribution in [0.25, 0.3) is 5.65 Å². The van der Waals surface area contributed by atoms with Crippen molar-refractivity contribution >= 4 is 22.9 Å². The minimum absolute atomic E-state index is 0.118. The molecule has 0 N–H and O–H groups in total. The number of aromatic nitrogens is 3. The SMILES string of the molecule is COCC1CN(c2ccc(C3(c4nn5cccnc5c4Cl)CCC3)cc2)CCO1. The molecule has 1 aromatic carbocycles. The van der Waals surface area contributed by atoms with Gasteiger partial charge in [-0.25, -0.2) is 9.50 Å². The van der Waals surface area contributed by atoms with Crippen LogP contribution in [0.15, 0.2) is 42.7 Å². The smallest absolute Gasteiger partial charge is 0.174 e. The number of rotatable bonds is 5. The van der Waals surface area contributed by atoms with E-state index in [0.29, 0.717) is 11.6 Å². The fourth-order valence-corrected chi connectivity index (χ4v) is 4.94. The van der Waals surface area contributed by atoms with Gasteiger partial charge in [0.2, 0.25) is 0 Å². The topological polar surface area (TPSA) is 51.9 Å². The number of fused-ring (bicyclic) bond motifs is 1. The zero-order valence-electron chi connectivity index (χ0n) is 16.6. The van der Waals surface area contributed by atoms with Gasteiger partial charge < -0.3 is 14.4 Å². The molecule has 1 saturated carbocycles. The van der Waals surface area contributed by atoms with Gasteiger partial charge in [-0.2, -0.15) is 5.10 Å². The number of hydrogen-bond acceptors (Lipinski definition) is 5. The molecule has 2 aromatic heterocycles. The first-order chi connectivity index (χ1) is 14.2. The van der Waals surface area contributed by atoms with Gasteiger partial charge in [0.15, 0.2) is 5.65 Å². The number of morpholine rings is 1. The van der Waals surface area contributed by atoms with Gasteiger partial charge in [0, 0.05) is 43.7 Å². The number of hydrogen-bond donors (Lipinski definition) is 0. The van der Waals surface area contributed by atoms with Crippen LogP contribution >= 0.6 is 11.6 Å². The standard InChI is InChI=1S/C22H25ClN4O2/c1-28-15-18-14-26(12-13-29-18)17-6-4-16(5-7-17)22(8-2-9-22)20-19(23)21-24-10-3-11-27(21)25-20/h3-7,10-11,18H,2,8-9,12-15H2,1H3. The van der Waals surface area contributed by atoms with Crippen molar-refractivity contribution in [3.05, 3.63) is 59.0 Å². The van der Waals surface area contributed by atoms with Crippen molar-refractivity contribution in [3.63, 3.8) is 0 Å². The normalized spacial score (nSPS) is 21.3. The van der Waals surface area contributed by atoms with E-state index in [9.17, 15) is 0 Å². The van der Waals surface area contributed by atoms with Gasteiger partial charge in [0.05, 0.1) is 25.0 Å². The first-order valence-corrected chi connectivity index (χ1v) is 10.5. The summed E-state index contributed by atoms with van der Waals surface area (Å²) in [6.45, 7) is 3.10. The van der Waals surface area contributed by atoms with Crippen molar-refractivity contribution in [2.75, 3.05) is 38.3 Å². The minimum Gasteiger partial charge on any atom is -0.382 e. The summed E-state index contributed by atoms with van der Waals surface area (Å²) in [7, 11) is 1.72. The van der Waals surface area contributed by atoms with E-state index < -0.39 is 0 Å². The number of benzene rings is 1. The summed E-state index contributed by atoms with van der Waals surface area (Å²) in [6, 6.07) is 10.8. The molecule has 0 bridgehead atoms. The second-order valence-electron chi connectivity index (χ2n) is 7.93. The zero-order valence-corrected chi connectivity index (χ0v) is 17.3. The van der Waals surface area contributed by atoms with Gasteiger partial charge >= 0.3 is 0 Å². The Hall–Kier alpha value is -2.15. The molecule has 0 spiro atoms. The number of ether oxygens (including phenoxy) is 2. The Morgan fingerprint density at radius 1 is 1.28 bits per heavy atom. The number of anilines is 1. The van der Waals surface area contributed by atoms with E-state index in [1.54, 1.807) is 17.8 Å². The summed E-state index contributed by atoms with van der Waals surface area (Å²) in [5.74, 6) is 0. The molecule has 1 unspecified atom stereocenters. The van der Waals surface area contributed by atoms with Crippen LogP contribution in [-0.2, 0) is 14.9 Å². The van der Waals surface area contributed by atoms with E-state index in [4.69, 9.17) is 26.2 Å². The minimum atomic E-state index is -0.118. The molecule has 0 amide bonds. The highest BCUT2D eigenvalue weighted by molar-refractivity contribution is 6.34. The van der Waals surface area contributed by atoms with Crippen LogP contribution in [0.5, 0.6) is 0 Å². The molecule has 1 aliphatic heterocycles. The quantitative estimate of drug-likeness (QED) is 0.639. The highest BCUT2D eigenvalue weighted by Crippen LogP contribution is 2.51. The maximum absolute atomic E-state index is 6.72. The van der Waals surface area contributed by atoms with Gasteiger partial charge in [0.25, 0.3) is 0 Å². The molecular formula is C22H25ClN4O2. The molecular weight excluding hydrogens is 388 g/mol. The summed E-state index contributed by atoms with van der Waals surface area (Å²) < 4.78 is 12.8. The molecule has 2 fully saturated rings. The van der Waals surface area contributed by atoms with Crippen LogP contribution in [0, 0.1) is 0 Å². The monoisotopic (exact) mass is 412 g/mol. The maximum atomic E-state index is 6.72.